The Morgan fingerprint density at radius 2 is 1.93 bits per heavy atom. The molecule has 0 amide bonds. The van der Waals surface area contributed by atoms with Gasteiger partial charge in [0.05, 0.1) is 12.2 Å². The summed E-state index contributed by atoms with van der Waals surface area (Å²) in [6, 6.07) is -0.432. The molecule has 0 saturated carbocycles. The quantitative estimate of drug-likeness (QED) is 0.621. The van der Waals surface area contributed by atoms with E-state index in [1.807, 2.05) is 13.8 Å². The van der Waals surface area contributed by atoms with Gasteiger partial charge in [0.1, 0.15) is 25.7 Å². The number of ether oxygens (including phenoxy) is 4. The molecule has 0 aromatic rings. The maximum absolute atomic E-state index is 5.86. The molecular formula is C10H17BO4. The van der Waals surface area contributed by atoms with E-state index < -0.39 is 17.2 Å². The smallest absolute Gasteiger partial charge is 0.148 e. The summed E-state index contributed by atoms with van der Waals surface area (Å²) in [4.78, 5) is 0. The highest BCUT2D eigenvalue weighted by molar-refractivity contribution is 6.11. The molecule has 0 N–H and O–H groups in total. The van der Waals surface area contributed by atoms with Crippen molar-refractivity contribution in [2.75, 3.05) is 20.8 Å². The highest BCUT2D eigenvalue weighted by Gasteiger charge is 2.69. The van der Waals surface area contributed by atoms with E-state index in [9.17, 15) is 0 Å². The molecule has 2 aliphatic rings. The Bertz CT molecular complexity index is 258. The lowest BCUT2D eigenvalue weighted by atomic mass is 9.84. The molecule has 0 aromatic carbocycles. The average molecular weight is 212 g/mol. The van der Waals surface area contributed by atoms with E-state index in [2.05, 4.69) is 0 Å². The van der Waals surface area contributed by atoms with Crippen LogP contribution in [-0.2, 0) is 18.9 Å². The molecule has 2 rings (SSSR count). The zero-order valence-electron chi connectivity index (χ0n) is 9.65. The second kappa shape index (κ2) is 3.45. The van der Waals surface area contributed by atoms with Gasteiger partial charge in [0.15, 0.2) is 0 Å². The molecule has 2 aliphatic heterocycles. The molecule has 2 fully saturated rings. The van der Waals surface area contributed by atoms with Crippen molar-refractivity contribution in [3.8, 4) is 0 Å². The highest BCUT2D eigenvalue weighted by atomic mass is 16.7. The van der Waals surface area contributed by atoms with Crippen molar-refractivity contribution in [1.29, 1.82) is 0 Å². The molecule has 0 aromatic heterocycles. The number of hydrogen-bond donors (Lipinski definition) is 0. The van der Waals surface area contributed by atoms with Gasteiger partial charge < -0.3 is 18.9 Å². The van der Waals surface area contributed by atoms with Crippen LogP contribution in [0.2, 0.25) is 0 Å². The Balaban J connectivity index is 2.35. The van der Waals surface area contributed by atoms with Crippen LogP contribution in [0.15, 0.2) is 0 Å². The molecule has 2 saturated heterocycles. The van der Waals surface area contributed by atoms with Crippen LogP contribution in [0.1, 0.15) is 13.8 Å². The fourth-order valence-corrected chi connectivity index (χ4v) is 2.70. The van der Waals surface area contributed by atoms with Crippen molar-refractivity contribution in [1.82, 2.24) is 0 Å². The summed E-state index contributed by atoms with van der Waals surface area (Å²) in [5.74, 6) is 0. The number of hydrogen-bond acceptors (Lipinski definition) is 4. The monoisotopic (exact) mass is 212 g/mol. The summed E-state index contributed by atoms with van der Waals surface area (Å²) in [5, 5.41) is 0. The normalized spacial score (nSPS) is 47.3. The maximum atomic E-state index is 5.86. The highest BCUT2D eigenvalue weighted by Crippen LogP contribution is 2.50. The molecule has 2 bridgehead atoms. The molecule has 5 heteroatoms. The minimum absolute atomic E-state index is 0.164. The van der Waals surface area contributed by atoms with Gasteiger partial charge in [-0.15, -0.1) is 0 Å². The Morgan fingerprint density at radius 1 is 1.27 bits per heavy atom. The van der Waals surface area contributed by atoms with Crippen LogP contribution in [0.25, 0.3) is 0 Å². The minimum atomic E-state index is -0.597. The first-order valence-corrected chi connectivity index (χ1v) is 5.11. The number of methoxy groups -OCH3 is 2. The minimum Gasteiger partial charge on any atom is -0.381 e. The fourth-order valence-electron chi connectivity index (χ4n) is 2.70. The van der Waals surface area contributed by atoms with Crippen molar-refractivity contribution in [2.45, 2.75) is 43.3 Å². The summed E-state index contributed by atoms with van der Waals surface area (Å²) < 4.78 is 22.3. The summed E-state index contributed by atoms with van der Waals surface area (Å²) in [5.41, 5.74) is -1.04. The first kappa shape index (κ1) is 11.4. The lowest BCUT2D eigenvalue weighted by molar-refractivity contribution is -0.223. The summed E-state index contributed by atoms with van der Waals surface area (Å²) in [6.45, 7) is 4.37. The molecular weight excluding hydrogens is 195 g/mol. The second-order valence-electron chi connectivity index (χ2n) is 4.65. The third-order valence-electron chi connectivity index (χ3n) is 3.49. The molecule has 4 atom stereocenters. The fraction of sp³-hybridized carbons (Fsp3) is 1.00. The number of fused-ring (bicyclic) bond motifs is 2. The second-order valence-corrected chi connectivity index (χ2v) is 4.65. The van der Waals surface area contributed by atoms with Crippen LogP contribution < -0.4 is 0 Å². The van der Waals surface area contributed by atoms with E-state index in [4.69, 9.17) is 26.8 Å². The van der Waals surface area contributed by atoms with Crippen LogP contribution in [0, 0.1) is 0 Å². The zero-order chi connectivity index (χ0) is 11.3. The van der Waals surface area contributed by atoms with E-state index in [-0.39, 0.29) is 12.2 Å². The molecule has 15 heavy (non-hydrogen) atoms. The molecule has 0 spiro atoms. The zero-order valence-corrected chi connectivity index (χ0v) is 9.65. The van der Waals surface area contributed by atoms with Gasteiger partial charge in [-0.3, -0.25) is 0 Å². The molecule has 4 nitrogen and oxygen atoms in total. The van der Waals surface area contributed by atoms with Crippen LogP contribution in [0.3, 0.4) is 0 Å². The predicted molar refractivity (Wildman–Crippen MR) is 55.0 cm³/mol. The van der Waals surface area contributed by atoms with Crippen LogP contribution in [0.4, 0.5) is 0 Å². The topological polar surface area (TPSA) is 36.9 Å². The van der Waals surface area contributed by atoms with Gasteiger partial charge in [0.25, 0.3) is 0 Å². The average Bonchev–Trinajstić information content (AvgIpc) is 2.51. The molecule has 0 aliphatic carbocycles. The first-order valence-electron chi connectivity index (χ1n) is 5.11. The van der Waals surface area contributed by atoms with Gasteiger partial charge in [0, 0.05) is 20.2 Å². The lowest BCUT2D eigenvalue weighted by Gasteiger charge is -2.42. The Labute approximate surface area is 91.6 Å². The van der Waals surface area contributed by atoms with Crippen molar-refractivity contribution >= 4 is 7.85 Å². The molecule has 2 radical (unpaired) electrons. The summed E-state index contributed by atoms with van der Waals surface area (Å²) >= 11 is 0. The van der Waals surface area contributed by atoms with E-state index >= 15 is 0 Å². The maximum Gasteiger partial charge on any atom is 0.148 e. The van der Waals surface area contributed by atoms with Gasteiger partial charge in [-0.1, -0.05) is 0 Å². The summed E-state index contributed by atoms with van der Waals surface area (Å²) in [7, 11) is 9.12. The van der Waals surface area contributed by atoms with Gasteiger partial charge >= 0.3 is 0 Å². The largest absolute Gasteiger partial charge is 0.381 e. The first-order chi connectivity index (χ1) is 6.98. The van der Waals surface area contributed by atoms with E-state index in [0.29, 0.717) is 6.61 Å². The van der Waals surface area contributed by atoms with Crippen LogP contribution in [-0.4, -0.2) is 58.1 Å². The van der Waals surface area contributed by atoms with Crippen molar-refractivity contribution in [3.05, 3.63) is 0 Å². The van der Waals surface area contributed by atoms with Crippen LogP contribution in [0.5, 0.6) is 0 Å². The number of rotatable bonds is 3. The Hall–Kier alpha value is -0.0951. The van der Waals surface area contributed by atoms with Crippen LogP contribution >= 0.6 is 0 Å². The standard InChI is InChI=1S/C10H17BO4/c1-9(2)10(5-12-3)7(13-4)6(14-9)8(11)15-10/h6-8H,5H2,1-4H3/t6?,7-,8-,10-/m1/s1. The third-order valence-corrected chi connectivity index (χ3v) is 3.49. The predicted octanol–water partition coefficient (Wildman–Crippen LogP) is 0.0888. The van der Waals surface area contributed by atoms with Gasteiger partial charge in [-0.2, -0.15) is 0 Å². The lowest BCUT2D eigenvalue weighted by Crippen LogP contribution is -2.58. The summed E-state index contributed by atoms with van der Waals surface area (Å²) in [6.07, 6.45) is -0.373. The third kappa shape index (κ3) is 1.30. The van der Waals surface area contributed by atoms with Crippen molar-refractivity contribution in [3.63, 3.8) is 0 Å². The Morgan fingerprint density at radius 3 is 2.47 bits per heavy atom. The molecule has 84 valence electrons. The van der Waals surface area contributed by atoms with E-state index in [1.165, 1.54) is 0 Å². The SMILES string of the molecule is [B][C@@H]1O[C@]2(COC)[C@H](OC)C1OC2(C)C. The van der Waals surface area contributed by atoms with Gasteiger partial charge in [-0.25, -0.2) is 0 Å². The Kier molecular flexibility index (Phi) is 2.62. The molecule has 2 heterocycles. The van der Waals surface area contributed by atoms with E-state index in [1.54, 1.807) is 14.2 Å². The van der Waals surface area contributed by atoms with Crippen molar-refractivity contribution < 1.29 is 18.9 Å². The van der Waals surface area contributed by atoms with Gasteiger partial charge in [0.2, 0.25) is 0 Å². The molecule has 1 unspecified atom stereocenters. The van der Waals surface area contributed by atoms with E-state index in [0.717, 1.165) is 0 Å². The van der Waals surface area contributed by atoms with Gasteiger partial charge in [-0.05, 0) is 13.8 Å². The van der Waals surface area contributed by atoms with Crippen molar-refractivity contribution in [2.24, 2.45) is 0 Å².